The van der Waals surface area contributed by atoms with E-state index in [-0.39, 0.29) is 0 Å². The van der Waals surface area contributed by atoms with E-state index < -0.39 is 0 Å². The van der Waals surface area contributed by atoms with Crippen molar-refractivity contribution in [2.75, 3.05) is 5.73 Å². The molecule has 1 aromatic carbocycles. The highest BCUT2D eigenvalue weighted by Gasteiger charge is 2.03. The van der Waals surface area contributed by atoms with Crippen molar-refractivity contribution in [3.05, 3.63) is 59.7 Å². The van der Waals surface area contributed by atoms with Gasteiger partial charge in [-0.05, 0) is 19.1 Å². The van der Waals surface area contributed by atoms with Gasteiger partial charge in [0.05, 0.1) is 11.2 Å². The van der Waals surface area contributed by atoms with Crippen molar-refractivity contribution >= 4 is 16.7 Å². The molecule has 0 aliphatic rings. The Kier molecular flexibility index (Phi) is 2.83. The fraction of sp³-hybridized carbons (Fsp3) is 0.133. The molecule has 0 amide bonds. The van der Waals surface area contributed by atoms with Crippen LogP contribution in [0.15, 0.2) is 42.5 Å². The number of para-hydroxylation sites is 1. The number of pyridine rings is 1. The fourth-order valence-electron chi connectivity index (χ4n) is 2.14. The summed E-state index contributed by atoms with van der Waals surface area (Å²) in [4.78, 5) is 13.1. The van der Waals surface area contributed by atoms with Gasteiger partial charge in [-0.2, -0.15) is 0 Å². The first-order valence-electron chi connectivity index (χ1n) is 6.15. The van der Waals surface area contributed by atoms with Crippen LogP contribution in [-0.2, 0) is 6.42 Å². The molecule has 0 saturated carbocycles. The molecule has 0 spiro atoms. The van der Waals surface area contributed by atoms with Crippen molar-refractivity contribution in [2.45, 2.75) is 13.3 Å². The van der Waals surface area contributed by atoms with E-state index in [1.807, 2.05) is 31.2 Å². The summed E-state index contributed by atoms with van der Waals surface area (Å²) in [5, 5.41) is 1.14. The van der Waals surface area contributed by atoms with Gasteiger partial charge in [-0.3, -0.25) is 4.98 Å². The molecule has 0 fully saturated rings. The number of aryl methyl sites for hydroxylation is 1. The second kappa shape index (κ2) is 4.65. The Morgan fingerprint density at radius 3 is 2.63 bits per heavy atom. The molecule has 2 heterocycles. The molecular formula is C15H14N4. The average molecular weight is 250 g/mol. The van der Waals surface area contributed by atoms with Gasteiger partial charge < -0.3 is 5.73 Å². The minimum atomic E-state index is 0.503. The van der Waals surface area contributed by atoms with E-state index in [1.54, 1.807) is 6.07 Å². The molecule has 2 N–H and O–H groups in total. The van der Waals surface area contributed by atoms with Crippen LogP contribution in [0.1, 0.15) is 17.2 Å². The van der Waals surface area contributed by atoms with E-state index in [1.165, 1.54) is 0 Å². The molecule has 0 unspecified atom stereocenters. The van der Waals surface area contributed by atoms with E-state index in [4.69, 9.17) is 5.73 Å². The molecule has 0 saturated heterocycles. The van der Waals surface area contributed by atoms with Gasteiger partial charge in [-0.25, -0.2) is 9.97 Å². The predicted octanol–water partition coefficient (Wildman–Crippen LogP) is 2.51. The normalized spacial score (nSPS) is 10.8. The third-order valence-electron chi connectivity index (χ3n) is 2.93. The highest BCUT2D eigenvalue weighted by atomic mass is 14.9. The van der Waals surface area contributed by atoms with Crippen LogP contribution in [0.5, 0.6) is 0 Å². The number of hydrogen-bond donors (Lipinski definition) is 1. The number of nitrogen functional groups attached to an aromatic ring is 1. The number of nitrogens with two attached hydrogens (primary N) is 1. The van der Waals surface area contributed by atoms with Crippen molar-refractivity contribution in [3.63, 3.8) is 0 Å². The zero-order valence-electron chi connectivity index (χ0n) is 10.7. The van der Waals surface area contributed by atoms with E-state index in [9.17, 15) is 0 Å². The first kappa shape index (κ1) is 11.6. The van der Waals surface area contributed by atoms with Crippen molar-refractivity contribution in [1.82, 2.24) is 15.0 Å². The molecular weight excluding hydrogens is 236 g/mol. The highest BCUT2D eigenvalue weighted by molar-refractivity contribution is 5.78. The molecule has 0 aliphatic heterocycles. The van der Waals surface area contributed by atoms with Crippen molar-refractivity contribution in [1.29, 1.82) is 0 Å². The summed E-state index contributed by atoms with van der Waals surface area (Å²) in [6.45, 7) is 1.84. The summed E-state index contributed by atoms with van der Waals surface area (Å²) in [5.41, 5.74) is 8.61. The Hall–Kier alpha value is -2.49. The van der Waals surface area contributed by atoms with Gasteiger partial charge in [0, 0.05) is 23.6 Å². The standard InChI is InChI=1S/C15H14N4/c1-10-17-13(9-15(16)18-10)8-12-7-6-11-4-2-3-5-14(11)19-12/h2-7,9H,8H2,1H3,(H2,16,17,18). The summed E-state index contributed by atoms with van der Waals surface area (Å²) in [6.07, 6.45) is 0.665. The summed E-state index contributed by atoms with van der Waals surface area (Å²) in [5.74, 6) is 1.19. The molecule has 94 valence electrons. The van der Waals surface area contributed by atoms with Crippen LogP contribution in [0.25, 0.3) is 10.9 Å². The number of aromatic nitrogens is 3. The lowest BCUT2D eigenvalue weighted by molar-refractivity contribution is 0.956. The Balaban J connectivity index is 1.96. The number of fused-ring (bicyclic) bond motifs is 1. The fourth-order valence-corrected chi connectivity index (χ4v) is 2.14. The average Bonchev–Trinajstić information content (AvgIpc) is 2.37. The van der Waals surface area contributed by atoms with E-state index in [0.717, 1.165) is 22.3 Å². The third kappa shape index (κ3) is 2.52. The van der Waals surface area contributed by atoms with E-state index in [2.05, 4.69) is 27.1 Å². The number of anilines is 1. The molecule has 0 radical (unpaired) electrons. The van der Waals surface area contributed by atoms with Crippen molar-refractivity contribution in [3.8, 4) is 0 Å². The smallest absolute Gasteiger partial charge is 0.127 e. The molecule has 0 bridgehead atoms. The SMILES string of the molecule is Cc1nc(N)cc(Cc2ccc3ccccc3n2)n1. The van der Waals surface area contributed by atoms with Crippen LogP contribution >= 0.6 is 0 Å². The molecule has 0 aliphatic carbocycles. The van der Waals surface area contributed by atoms with Gasteiger partial charge in [-0.1, -0.05) is 24.3 Å². The van der Waals surface area contributed by atoms with Gasteiger partial charge in [0.2, 0.25) is 0 Å². The van der Waals surface area contributed by atoms with Crippen LogP contribution in [-0.4, -0.2) is 15.0 Å². The van der Waals surface area contributed by atoms with Crippen molar-refractivity contribution < 1.29 is 0 Å². The second-order valence-corrected chi connectivity index (χ2v) is 4.50. The maximum Gasteiger partial charge on any atom is 0.127 e. The van der Waals surface area contributed by atoms with Gasteiger partial charge in [-0.15, -0.1) is 0 Å². The zero-order valence-corrected chi connectivity index (χ0v) is 10.7. The number of rotatable bonds is 2. The molecule has 4 heteroatoms. The topological polar surface area (TPSA) is 64.7 Å². The Bertz CT molecular complexity index is 717. The lowest BCUT2D eigenvalue weighted by atomic mass is 10.1. The Labute approximate surface area is 111 Å². The minimum absolute atomic E-state index is 0.503. The summed E-state index contributed by atoms with van der Waals surface area (Å²) in [6, 6.07) is 14.0. The predicted molar refractivity (Wildman–Crippen MR) is 75.7 cm³/mol. The Morgan fingerprint density at radius 1 is 0.947 bits per heavy atom. The number of hydrogen-bond acceptors (Lipinski definition) is 4. The molecule has 2 aromatic heterocycles. The molecule has 4 nitrogen and oxygen atoms in total. The van der Waals surface area contributed by atoms with Crippen molar-refractivity contribution in [2.24, 2.45) is 0 Å². The zero-order chi connectivity index (χ0) is 13.2. The maximum atomic E-state index is 5.73. The van der Waals surface area contributed by atoms with Crippen LogP contribution in [0.2, 0.25) is 0 Å². The first-order valence-corrected chi connectivity index (χ1v) is 6.15. The minimum Gasteiger partial charge on any atom is -0.384 e. The van der Waals surface area contributed by atoms with Gasteiger partial charge in [0.1, 0.15) is 11.6 Å². The summed E-state index contributed by atoms with van der Waals surface area (Å²) < 4.78 is 0. The number of nitrogens with zero attached hydrogens (tertiary/aromatic N) is 3. The largest absolute Gasteiger partial charge is 0.384 e. The summed E-state index contributed by atoms with van der Waals surface area (Å²) >= 11 is 0. The second-order valence-electron chi connectivity index (χ2n) is 4.50. The molecule has 3 rings (SSSR count). The quantitative estimate of drug-likeness (QED) is 0.759. The third-order valence-corrected chi connectivity index (χ3v) is 2.93. The van der Waals surface area contributed by atoms with Gasteiger partial charge in [0.15, 0.2) is 0 Å². The summed E-state index contributed by atoms with van der Waals surface area (Å²) in [7, 11) is 0. The molecule has 0 atom stereocenters. The lowest BCUT2D eigenvalue weighted by Crippen LogP contribution is -2.01. The van der Waals surface area contributed by atoms with Crippen LogP contribution in [0.3, 0.4) is 0 Å². The first-order chi connectivity index (χ1) is 9.20. The lowest BCUT2D eigenvalue weighted by Gasteiger charge is -2.04. The number of benzene rings is 1. The van der Waals surface area contributed by atoms with Crippen LogP contribution < -0.4 is 5.73 Å². The van der Waals surface area contributed by atoms with E-state index >= 15 is 0 Å². The van der Waals surface area contributed by atoms with Crippen LogP contribution in [0, 0.1) is 6.92 Å². The van der Waals surface area contributed by atoms with Gasteiger partial charge >= 0.3 is 0 Å². The van der Waals surface area contributed by atoms with Crippen LogP contribution in [0.4, 0.5) is 5.82 Å². The maximum absolute atomic E-state index is 5.73. The monoisotopic (exact) mass is 250 g/mol. The molecule has 3 aromatic rings. The Morgan fingerprint density at radius 2 is 1.79 bits per heavy atom. The van der Waals surface area contributed by atoms with Gasteiger partial charge in [0.25, 0.3) is 0 Å². The molecule has 19 heavy (non-hydrogen) atoms. The highest BCUT2D eigenvalue weighted by Crippen LogP contribution is 2.14. The van der Waals surface area contributed by atoms with E-state index in [0.29, 0.717) is 18.1 Å².